The second kappa shape index (κ2) is 8.15. The highest BCUT2D eigenvalue weighted by Gasteiger charge is 2.33. The second-order valence-electron chi connectivity index (χ2n) is 7.83. The molecule has 0 saturated heterocycles. The van der Waals surface area contributed by atoms with E-state index in [1.807, 2.05) is 4.90 Å². The molecule has 1 amide bonds. The van der Waals surface area contributed by atoms with Crippen molar-refractivity contribution in [2.45, 2.75) is 78.8 Å². The van der Waals surface area contributed by atoms with Crippen molar-refractivity contribution in [1.29, 1.82) is 0 Å². The zero-order valence-electron chi connectivity index (χ0n) is 16.0. The lowest BCUT2D eigenvalue weighted by Gasteiger charge is -2.27. The first-order valence-electron chi connectivity index (χ1n) is 9.57. The van der Waals surface area contributed by atoms with Crippen molar-refractivity contribution in [2.75, 3.05) is 4.90 Å². The normalized spacial score (nSPS) is 18.3. The lowest BCUT2D eigenvalue weighted by atomic mass is 9.96. The van der Waals surface area contributed by atoms with Gasteiger partial charge in [-0.2, -0.15) is 0 Å². The predicted octanol–water partition coefficient (Wildman–Crippen LogP) is 4.32. The van der Waals surface area contributed by atoms with Crippen molar-refractivity contribution in [3.8, 4) is 0 Å². The van der Waals surface area contributed by atoms with Gasteiger partial charge >= 0.3 is 0 Å². The van der Waals surface area contributed by atoms with Crippen molar-refractivity contribution in [3.63, 3.8) is 0 Å². The summed E-state index contributed by atoms with van der Waals surface area (Å²) in [6, 6.07) is 7.03. The Kier molecular flexibility index (Phi) is 6.45. The second-order valence-corrected chi connectivity index (χ2v) is 7.83. The molecule has 134 valence electrons. The highest BCUT2D eigenvalue weighted by atomic mass is 16.2. The summed E-state index contributed by atoms with van der Waals surface area (Å²) < 4.78 is 0. The molecule has 1 aliphatic heterocycles. The molecule has 1 heterocycles. The molecular formula is C21H34N2O. The van der Waals surface area contributed by atoms with E-state index in [0.717, 1.165) is 37.8 Å². The van der Waals surface area contributed by atoms with Crippen LogP contribution in [0.3, 0.4) is 0 Å². The van der Waals surface area contributed by atoms with Gasteiger partial charge in [-0.15, -0.1) is 0 Å². The molecular weight excluding hydrogens is 296 g/mol. The van der Waals surface area contributed by atoms with Gasteiger partial charge in [-0.3, -0.25) is 4.79 Å². The number of nitrogens with two attached hydrogens (primary N) is 1. The quantitative estimate of drug-likeness (QED) is 0.809. The number of carbonyl (C=O) groups excluding carboxylic acids is 1. The van der Waals surface area contributed by atoms with Crippen LogP contribution >= 0.6 is 0 Å². The first-order valence-corrected chi connectivity index (χ1v) is 9.57. The first kappa shape index (κ1) is 19.0. The van der Waals surface area contributed by atoms with Gasteiger partial charge in [0.1, 0.15) is 0 Å². The molecule has 1 aliphatic rings. The summed E-state index contributed by atoms with van der Waals surface area (Å²) in [5, 5.41) is 0. The fraction of sp³-hybridized carbons (Fsp3) is 0.667. The summed E-state index contributed by atoms with van der Waals surface area (Å²) in [6.07, 6.45) is 4.74. The third kappa shape index (κ3) is 4.18. The lowest BCUT2D eigenvalue weighted by molar-refractivity contribution is -0.122. The fourth-order valence-electron chi connectivity index (χ4n) is 3.97. The van der Waals surface area contributed by atoms with Gasteiger partial charge in [0.05, 0.1) is 0 Å². The molecule has 24 heavy (non-hydrogen) atoms. The van der Waals surface area contributed by atoms with Crippen LogP contribution < -0.4 is 10.6 Å². The number of nitrogens with zero attached hydrogens (tertiary/aromatic N) is 1. The molecule has 0 saturated carbocycles. The van der Waals surface area contributed by atoms with E-state index in [1.165, 1.54) is 11.1 Å². The van der Waals surface area contributed by atoms with E-state index in [0.29, 0.717) is 5.92 Å². The Morgan fingerprint density at radius 2 is 1.96 bits per heavy atom. The fourth-order valence-corrected chi connectivity index (χ4v) is 3.97. The molecule has 0 radical (unpaired) electrons. The molecule has 1 aromatic carbocycles. The molecule has 0 fully saturated rings. The van der Waals surface area contributed by atoms with E-state index < -0.39 is 0 Å². The first-order chi connectivity index (χ1) is 11.4. The lowest BCUT2D eigenvalue weighted by Crippen LogP contribution is -2.39. The number of hydrogen-bond donors (Lipinski definition) is 1. The predicted molar refractivity (Wildman–Crippen MR) is 102 cm³/mol. The van der Waals surface area contributed by atoms with Crippen LogP contribution in [0.25, 0.3) is 0 Å². The zero-order valence-corrected chi connectivity index (χ0v) is 16.0. The van der Waals surface area contributed by atoms with Crippen molar-refractivity contribution in [2.24, 2.45) is 17.6 Å². The molecule has 0 bridgehead atoms. The highest BCUT2D eigenvalue weighted by molar-refractivity contribution is 5.97. The Hall–Kier alpha value is -1.35. The Bertz CT molecular complexity index is 563. The number of fused-ring (bicyclic) bond motifs is 1. The van der Waals surface area contributed by atoms with E-state index in [9.17, 15) is 4.79 Å². The van der Waals surface area contributed by atoms with Gasteiger partial charge in [-0.25, -0.2) is 0 Å². The van der Waals surface area contributed by atoms with Crippen LogP contribution in [0.5, 0.6) is 0 Å². The van der Waals surface area contributed by atoms with Gasteiger partial charge in [-0.05, 0) is 62.1 Å². The van der Waals surface area contributed by atoms with E-state index in [4.69, 9.17) is 5.73 Å². The average Bonchev–Trinajstić information content (AvgIpc) is 2.82. The summed E-state index contributed by atoms with van der Waals surface area (Å²) in [5.74, 6) is 1.05. The molecule has 2 atom stereocenters. The molecule has 2 rings (SSSR count). The van der Waals surface area contributed by atoms with Crippen molar-refractivity contribution in [1.82, 2.24) is 0 Å². The van der Waals surface area contributed by atoms with Crippen LogP contribution in [-0.4, -0.2) is 18.0 Å². The monoisotopic (exact) mass is 330 g/mol. The van der Waals surface area contributed by atoms with Crippen molar-refractivity contribution < 1.29 is 4.79 Å². The molecule has 3 heteroatoms. The van der Waals surface area contributed by atoms with E-state index in [-0.39, 0.29) is 23.9 Å². The Balaban J connectivity index is 2.17. The Labute approximate surface area is 147 Å². The molecule has 0 spiro atoms. The van der Waals surface area contributed by atoms with Crippen LogP contribution in [0, 0.1) is 11.8 Å². The van der Waals surface area contributed by atoms with Crippen LogP contribution in [-0.2, 0) is 17.6 Å². The third-order valence-corrected chi connectivity index (χ3v) is 5.20. The smallest absolute Gasteiger partial charge is 0.230 e. The van der Waals surface area contributed by atoms with E-state index >= 15 is 0 Å². The number of carbonyl (C=O) groups is 1. The number of anilines is 1. The van der Waals surface area contributed by atoms with Gasteiger partial charge in [0.15, 0.2) is 0 Å². The standard InChI is InChI=1S/C21H34N2O/c1-6-17(7-2)21(24)23-15(5)11-18-12-16(8-9-20(18)23)13-19(22)10-14(3)4/h8-9,12,14-15,17,19H,6-7,10-11,13,22H2,1-5H3. The molecule has 3 nitrogen and oxygen atoms in total. The zero-order chi connectivity index (χ0) is 17.9. The number of amides is 1. The summed E-state index contributed by atoms with van der Waals surface area (Å²) >= 11 is 0. The van der Waals surface area contributed by atoms with Crippen molar-refractivity contribution in [3.05, 3.63) is 29.3 Å². The Morgan fingerprint density at radius 1 is 1.29 bits per heavy atom. The largest absolute Gasteiger partial charge is 0.327 e. The van der Waals surface area contributed by atoms with Crippen molar-refractivity contribution >= 4 is 11.6 Å². The maximum Gasteiger partial charge on any atom is 0.230 e. The van der Waals surface area contributed by atoms with Gasteiger partial charge < -0.3 is 10.6 Å². The van der Waals surface area contributed by atoms with Gasteiger partial charge in [0.25, 0.3) is 0 Å². The minimum atomic E-state index is 0.137. The number of rotatable bonds is 7. The Morgan fingerprint density at radius 3 is 2.54 bits per heavy atom. The van der Waals surface area contributed by atoms with Crippen LogP contribution in [0.15, 0.2) is 18.2 Å². The molecule has 2 N–H and O–H groups in total. The van der Waals surface area contributed by atoms with Crippen LogP contribution in [0.2, 0.25) is 0 Å². The van der Waals surface area contributed by atoms with E-state index in [1.54, 1.807) is 0 Å². The third-order valence-electron chi connectivity index (χ3n) is 5.20. The SMILES string of the molecule is CCC(CC)C(=O)N1c2ccc(CC(N)CC(C)C)cc2CC1C. The van der Waals surface area contributed by atoms with Crippen LogP contribution in [0.4, 0.5) is 5.69 Å². The minimum Gasteiger partial charge on any atom is -0.327 e. The topological polar surface area (TPSA) is 46.3 Å². The maximum atomic E-state index is 12.9. The maximum absolute atomic E-state index is 12.9. The molecule has 1 aromatic rings. The summed E-state index contributed by atoms with van der Waals surface area (Å²) in [4.78, 5) is 14.9. The number of benzene rings is 1. The van der Waals surface area contributed by atoms with Gasteiger partial charge in [0.2, 0.25) is 5.91 Å². The average molecular weight is 331 g/mol. The number of hydrogen-bond acceptors (Lipinski definition) is 2. The minimum absolute atomic E-state index is 0.137. The van der Waals surface area contributed by atoms with E-state index in [2.05, 4.69) is 52.8 Å². The summed E-state index contributed by atoms with van der Waals surface area (Å²) in [6.45, 7) is 10.8. The van der Waals surface area contributed by atoms with Crippen LogP contribution in [0.1, 0.15) is 65.0 Å². The molecule has 0 aromatic heterocycles. The van der Waals surface area contributed by atoms with Gasteiger partial charge in [-0.1, -0.05) is 39.8 Å². The highest BCUT2D eigenvalue weighted by Crippen LogP contribution is 2.35. The molecule has 2 unspecified atom stereocenters. The molecule has 0 aliphatic carbocycles. The summed E-state index contributed by atoms with van der Waals surface area (Å²) in [5.41, 5.74) is 9.98. The summed E-state index contributed by atoms with van der Waals surface area (Å²) in [7, 11) is 0. The van der Waals surface area contributed by atoms with Gasteiger partial charge in [0, 0.05) is 23.7 Å².